The van der Waals surface area contributed by atoms with Crippen LogP contribution in [0.25, 0.3) is 0 Å². The second-order valence-corrected chi connectivity index (χ2v) is 2.91. The zero-order chi connectivity index (χ0) is 12.4. The molecule has 0 saturated heterocycles. The molecule has 0 spiro atoms. The van der Waals surface area contributed by atoms with Gasteiger partial charge in [-0.1, -0.05) is 0 Å². The number of halogens is 2. The van der Waals surface area contributed by atoms with Crippen molar-refractivity contribution in [2.75, 3.05) is 14.2 Å². The average molecular weight is 276 g/mol. The Morgan fingerprint density at radius 2 is 1.62 bits per heavy atom. The number of methoxy groups -OCH3 is 2. The monoisotopic (exact) mass is 275 g/mol. The molecule has 0 heterocycles. The van der Waals surface area contributed by atoms with Crippen molar-refractivity contribution in [2.24, 2.45) is 5.73 Å². The number of hydrogen-bond acceptors (Lipinski definition) is 6. The molecule has 0 amide bonds. The Morgan fingerprint density at radius 3 is 1.88 bits per heavy atom. The Bertz CT molecular complexity index is 230. The molecule has 0 aliphatic carbocycles. The van der Waals surface area contributed by atoms with Crippen LogP contribution >= 0.6 is 24.0 Å². The number of nitrogens with two attached hydrogens (primary N) is 1. The average Bonchev–Trinajstić information content (AvgIpc) is 2.15. The van der Waals surface area contributed by atoms with Gasteiger partial charge in [0.25, 0.3) is 0 Å². The molecule has 0 rings (SSSR count). The molecule has 0 unspecified atom stereocenters. The smallest absolute Gasteiger partial charge is 0.323 e. The molecule has 2 N–H and O–H groups in total. The van der Waals surface area contributed by atoms with Crippen molar-refractivity contribution in [3.05, 3.63) is 0 Å². The quantitative estimate of drug-likeness (QED) is 0.586. The molecule has 6 nitrogen and oxygen atoms in total. The molecule has 0 aromatic rings. The summed E-state index contributed by atoms with van der Waals surface area (Å²) < 4.78 is 8.57. The van der Waals surface area contributed by atoms with Gasteiger partial charge < -0.3 is 15.2 Å². The molecule has 0 aromatic heterocycles. The summed E-state index contributed by atoms with van der Waals surface area (Å²) >= 11 is 4.64. The van der Waals surface area contributed by atoms with Gasteiger partial charge in [-0.25, -0.2) is 0 Å². The number of hydrogen-bond donors (Lipinski definition) is 1. The number of rotatable bonds is 3. The third kappa shape index (κ3) is 15.6. The lowest BCUT2D eigenvalue weighted by Crippen LogP contribution is -2.34. The topological polar surface area (TPSA) is 95.7 Å². The number of carbonyl (C=O) groups is 3. The molecule has 0 aliphatic rings. The maximum Gasteiger partial charge on any atom is 0.323 e. The number of ether oxygens (including phenoxy) is 2. The summed E-state index contributed by atoms with van der Waals surface area (Å²) in [6, 6.07) is -0.924. The van der Waals surface area contributed by atoms with E-state index in [2.05, 4.69) is 21.1 Å². The van der Waals surface area contributed by atoms with Crippen LogP contribution in [0.15, 0.2) is 0 Å². The van der Waals surface area contributed by atoms with Crippen LogP contribution in [0.4, 0.5) is 0 Å². The fourth-order valence-corrected chi connectivity index (χ4v) is 0.498. The van der Waals surface area contributed by atoms with Gasteiger partial charge in [0.05, 0.1) is 20.6 Å². The fourth-order valence-electron chi connectivity index (χ4n) is 0.498. The minimum absolute atomic E-state index is 0. The lowest BCUT2D eigenvalue weighted by Gasteiger charge is -2.06. The van der Waals surface area contributed by atoms with Crippen LogP contribution in [0.1, 0.15) is 13.3 Å². The van der Waals surface area contributed by atoms with Crippen LogP contribution in [0.3, 0.4) is 0 Å². The van der Waals surface area contributed by atoms with E-state index >= 15 is 0 Å². The van der Waals surface area contributed by atoms with Gasteiger partial charge in [-0.2, -0.15) is 0 Å². The summed E-state index contributed by atoms with van der Waals surface area (Å²) in [4.78, 5) is 30.4. The van der Waals surface area contributed by atoms with Crippen molar-refractivity contribution in [1.82, 2.24) is 0 Å². The van der Waals surface area contributed by atoms with Gasteiger partial charge in [0.15, 0.2) is 0 Å². The molecule has 0 radical (unpaired) electrons. The van der Waals surface area contributed by atoms with Gasteiger partial charge in [-0.05, 0) is 11.6 Å². The molecule has 0 aromatic carbocycles. The van der Waals surface area contributed by atoms with Gasteiger partial charge in [0, 0.05) is 6.92 Å². The Balaban J connectivity index is -0.000000292. The third-order valence-corrected chi connectivity index (χ3v) is 1.12. The van der Waals surface area contributed by atoms with Crippen molar-refractivity contribution in [3.8, 4) is 0 Å². The SMILES string of the molecule is CC(=O)Cl.COC(=O)C[C@H](N)C(=O)OC.Cl. The minimum atomic E-state index is -0.924. The first-order chi connectivity index (χ1) is 6.84. The molecule has 0 fully saturated rings. The maximum atomic E-state index is 10.6. The highest BCUT2D eigenvalue weighted by Gasteiger charge is 2.17. The minimum Gasteiger partial charge on any atom is -0.469 e. The van der Waals surface area contributed by atoms with E-state index in [9.17, 15) is 14.4 Å². The summed E-state index contributed by atoms with van der Waals surface area (Å²) in [5.41, 5.74) is 5.23. The van der Waals surface area contributed by atoms with Gasteiger partial charge >= 0.3 is 11.9 Å². The van der Waals surface area contributed by atoms with Crippen LogP contribution < -0.4 is 5.73 Å². The van der Waals surface area contributed by atoms with Crippen molar-refractivity contribution < 1.29 is 23.9 Å². The van der Waals surface area contributed by atoms with Crippen molar-refractivity contribution in [1.29, 1.82) is 0 Å². The van der Waals surface area contributed by atoms with Crippen LogP contribution in [0.5, 0.6) is 0 Å². The molecule has 0 bridgehead atoms. The van der Waals surface area contributed by atoms with Crippen molar-refractivity contribution >= 4 is 41.2 Å². The molecule has 0 aliphatic heterocycles. The van der Waals surface area contributed by atoms with E-state index in [-0.39, 0.29) is 24.1 Å². The standard InChI is InChI=1S/C6H11NO4.C2H3ClO.ClH/c1-10-5(8)3-4(7)6(9)11-2;1-2(3)4;/h4H,3,7H2,1-2H3;1H3;1H/t4-;;/m0../s1. The summed E-state index contributed by atoms with van der Waals surface area (Å²) in [6.07, 6.45) is -0.150. The highest BCUT2D eigenvalue weighted by molar-refractivity contribution is 6.62. The Morgan fingerprint density at radius 1 is 1.25 bits per heavy atom. The summed E-state index contributed by atoms with van der Waals surface area (Å²) in [7, 11) is 2.44. The van der Waals surface area contributed by atoms with E-state index in [1.54, 1.807) is 0 Å². The van der Waals surface area contributed by atoms with Crippen LogP contribution in [0, 0.1) is 0 Å². The highest BCUT2D eigenvalue weighted by Crippen LogP contribution is 1.92. The fraction of sp³-hybridized carbons (Fsp3) is 0.625. The zero-order valence-electron chi connectivity index (χ0n) is 9.19. The summed E-state index contributed by atoms with van der Waals surface area (Å²) in [6.45, 7) is 1.29. The number of esters is 2. The molecule has 0 saturated carbocycles. The number of carbonyl (C=O) groups excluding carboxylic acids is 3. The first kappa shape index (κ1) is 20.5. The molecule has 1 atom stereocenters. The van der Waals surface area contributed by atoms with Gasteiger partial charge in [-0.15, -0.1) is 12.4 Å². The van der Waals surface area contributed by atoms with Gasteiger partial charge in [-0.3, -0.25) is 14.4 Å². The largest absolute Gasteiger partial charge is 0.469 e. The first-order valence-corrected chi connectivity index (χ1v) is 4.29. The molecular formula is C8H15Cl2NO5. The van der Waals surface area contributed by atoms with E-state index in [1.807, 2.05) is 0 Å². The second kappa shape index (κ2) is 12.2. The van der Waals surface area contributed by atoms with Crippen molar-refractivity contribution in [3.63, 3.8) is 0 Å². The zero-order valence-corrected chi connectivity index (χ0v) is 10.8. The van der Waals surface area contributed by atoms with Gasteiger partial charge in [0.1, 0.15) is 6.04 Å². The van der Waals surface area contributed by atoms with E-state index in [4.69, 9.17) is 5.73 Å². The van der Waals surface area contributed by atoms with E-state index in [1.165, 1.54) is 21.1 Å². The Kier molecular flexibility index (Phi) is 15.7. The van der Waals surface area contributed by atoms with Gasteiger partial charge in [0.2, 0.25) is 5.24 Å². The predicted octanol–water partition coefficient (Wildman–Crippen LogP) is 0.243. The summed E-state index contributed by atoms with van der Waals surface area (Å²) in [5, 5.41) is -0.361. The lowest BCUT2D eigenvalue weighted by molar-refractivity contribution is -0.148. The van der Waals surface area contributed by atoms with E-state index in [0.717, 1.165) is 0 Å². The van der Waals surface area contributed by atoms with Crippen LogP contribution in [-0.4, -0.2) is 37.4 Å². The first-order valence-electron chi connectivity index (χ1n) is 3.91. The molecule has 8 heteroatoms. The molecule has 96 valence electrons. The third-order valence-electron chi connectivity index (χ3n) is 1.12. The maximum absolute atomic E-state index is 10.6. The van der Waals surface area contributed by atoms with E-state index in [0.29, 0.717) is 0 Å². The molecular weight excluding hydrogens is 261 g/mol. The summed E-state index contributed by atoms with van der Waals surface area (Å²) in [5.74, 6) is -1.14. The Hall–Kier alpha value is -0.850. The van der Waals surface area contributed by atoms with E-state index < -0.39 is 18.0 Å². The molecule has 16 heavy (non-hydrogen) atoms. The van der Waals surface area contributed by atoms with Crippen molar-refractivity contribution in [2.45, 2.75) is 19.4 Å². The predicted molar refractivity (Wildman–Crippen MR) is 60.4 cm³/mol. The second-order valence-electron chi connectivity index (χ2n) is 2.38. The Labute approximate surface area is 105 Å². The highest BCUT2D eigenvalue weighted by atomic mass is 35.5. The van der Waals surface area contributed by atoms with Crippen LogP contribution in [-0.2, 0) is 23.9 Å². The lowest BCUT2D eigenvalue weighted by atomic mass is 10.2. The van der Waals surface area contributed by atoms with Crippen LogP contribution in [0.2, 0.25) is 0 Å². The normalized spacial score (nSPS) is 9.81.